The van der Waals surface area contributed by atoms with Crippen LogP contribution in [0.25, 0.3) is 0 Å². The van der Waals surface area contributed by atoms with Gasteiger partial charge in [0, 0.05) is 31.6 Å². The molecule has 0 spiro atoms. The number of likely N-dealkylation sites (tertiary alicyclic amines) is 1. The van der Waals surface area contributed by atoms with Gasteiger partial charge in [-0.2, -0.15) is 0 Å². The van der Waals surface area contributed by atoms with Crippen molar-refractivity contribution < 1.29 is 4.39 Å². The molecular weight excluding hydrogens is 281 g/mol. The van der Waals surface area contributed by atoms with E-state index in [1.807, 2.05) is 0 Å². The summed E-state index contributed by atoms with van der Waals surface area (Å²) in [5, 5.41) is 11.2. The van der Waals surface area contributed by atoms with Crippen LogP contribution < -0.4 is 5.32 Å². The number of nitrogens with one attached hydrogen (secondary N) is 1. The summed E-state index contributed by atoms with van der Waals surface area (Å²) in [6.07, 6.45) is 3.35. The van der Waals surface area contributed by atoms with Gasteiger partial charge in [-0.1, -0.05) is 18.0 Å². The van der Waals surface area contributed by atoms with Crippen molar-refractivity contribution in [2.45, 2.75) is 50.9 Å². The molecule has 2 heterocycles. The number of nitrogens with zero attached hydrogens (tertiary/aromatic N) is 4. The first kappa shape index (κ1) is 13.9. The Balaban J connectivity index is 1.64. The van der Waals surface area contributed by atoms with Crippen molar-refractivity contribution in [3.05, 3.63) is 10.8 Å². The minimum Gasteiger partial charge on any atom is -0.349 e. The van der Waals surface area contributed by atoms with Crippen LogP contribution in [-0.2, 0) is 0 Å². The molecule has 1 aromatic rings. The molecule has 2 atom stereocenters. The van der Waals surface area contributed by atoms with Crippen molar-refractivity contribution in [1.29, 1.82) is 0 Å². The van der Waals surface area contributed by atoms with Crippen LogP contribution in [-0.4, -0.2) is 51.4 Å². The van der Waals surface area contributed by atoms with Gasteiger partial charge in [-0.25, -0.2) is 9.37 Å². The van der Waals surface area contributed by atoms with Crippen molar-refractivity contribution in [3.63, 3.8) is 0 Å². The first-order chi connectivity index (χ1) is 9.61. The van der Waals surface area contributed by atoms with E-state index in [4.69, 9.17) is 11.6 Å². The van der Waals surface area contributed by atoms with Crippen molar-refractivity contribution >= 4 is 17.5 Å². The molecule has 1 aliphatic carbocycles. The Hall–Kier alpha value is -1.01. The Bertz CT molecular complexity index is 482. The van der Waals surface area contributed by atoms with E-state index in [0.29, 0.717) is 35.8 Å². The summed E-state index contributed by atoms with van der Waals surface area (Å²) in [7, 11) is 0. The van der Waals surface area contributed by atoms with Crippen molar-refractivity contribution in [1.82, 2.24) is 20.1 Å². The van der Waals surface area contributed by atoms with Crippen LogP contribution in [0.5, 0.6) is 0 Å². The molecule has 1 saturated heterocycles. The van der Waals surface area contributed by atoms with Gasteiger partial charge in [0.2, 0.25) is 5.95 Å². The van der Waals surface area contributed by atoms with Gasteiger partial charge in [0.15, 0.2) is 5.15 Å². The number of piperidine rings is 1. The molecule has 0 radical (unpaired) electrons. The van der Waals surface area contributed by atoms with E-state index in [1.165, 1.54) is 19.3 Å². The van der Waals surface area contributed by atoms with Crippen LogP contribution >= 0.6 is 11.6 Å². The second-order valence-electron chi connectivity index (χ2n) is 5.72. The lowest BCUT2D eigenvalue weighted by Gasteiger charge is -2.43. The van der Waals surface area contributed by atoms with Gasteiger partial charge in [0.05, 0.1) is 5.69 Å². The van der Waals surface area contributed by atoms with E-state index in [-0.39, 0.29) is 6.04 Å². The lowest BCUT2D eigenvalue weighted by Crippen LogP contribution is -2.53. The fourth-order valence-electron chi connectivity index (χ4n) is 2.86. The molecule has 3 rings (SSSR count). The molecule has 110 valence electrons. The summed E-state index contributed by atoms with van der Waals surface area (Å²) < 4.78 is 13.9. The Labute approximate surface area is 122 Å². The summed E-state index contributed by atoms with van der Waals surface area (Å²) in [5.41, 5.74) is 0.632. The average molecular weight is 300 g/mol. The lowest BCUT2D eigenvalue weighted by molar-refractivity contribution is 0.0558. The minimum atomic E-state index is -0.789. The maximum absolute atomic E-state index is 13.9. The monoisotopic (exact) mass is 299 g/mol. The third-order valence-electron chi connectivity index (χ3n) is 4.16. The van der Waals surface area contributed by atoms with Gasteiger partial charge in [-0.05, 0) is 19.8 Å². The molecule has 20 heavy (non-hydrogen) atoms. The van der Waals surface area contributed by atoms with Gasteiger partial charge in [-0.15, -0.1) is 10.2 Å². The van der Waals surface area contributed by atoms with E-state index < -0.39 is 6.17 Å². The summed E-state index contributed by atoms with van der Waals surface area (Å²) in [4.78, 5) is 6.49. The molecule has 0 amide bonds. The highest BCUT2D eigenvalue weighted by atomic mass is 35.5. The van der Waals surface area contributed by atoms with E-state index in [1.54, 1.807) is 6.92 Å². The SMILES string of the molecule is Cc1nc(N[C@@H]2C[C@@H](F)CN(C3CCC3)C2)nnc1Cl. The first-order valence-corrected chi connectivity index (χ1v) is 7.51. The van der Waals surface area contributed by atoms with Crippen molar-refractivity contribution in [3.8, 4) is 0 Å². The number of aromatic nitrogens is 3. The van der Waals surface area contributed by atoms with Crippen molar-refractivity contribution in [2.75, 3.05) is 18.4 Å². The van der Waals surface area contributed by atoms with Gasteiger partial charge in [-0.3, -0.25) is 4.90 Å². The third kappa shape index (κ3) is 3.01. The second kappa shape index (κ2) is 5.77. The predicted molar refractivity (Wildman–Crippen MR) is 75.7 cm³/mol. The zero-order valence-corrected chi connectivity index (χ0v) is 12.3. The zero-order valence-electron chi connectivity index (χ0n) is 11.5. The summed E-state index contributed by atoms with van der Waals surface area (Å²) in [6.45, 7) is 3.18. The Morgan fingerprint density at radius 1 is 1.30 bits per heavy atom. The minimum absolute atomic E-state index is 0.0294. The molecular formula is C13H19ClFN5. The summed E-state index contributed by atoms with van der Waals surface area (Å²) in [5.74, 6) is 0.430. The number of anilines is 1. The van der Waals surface area contributed by atoms with E-state index in [9.17, 15) is 4.39 Å². The number of alkyl halides is 1. The highest BCUT2D eigenvalue weighted by Gasteiger charge is 2.34. The van der Waals surface area contributed by atoms with Gasteiger partial charge in [0.25, 0.3) is 0 Å². The van der Waals surface area contributed by atoms with E-state index in [2.05, 4.69) is 25.4 Å². The molecule has 0 bridgehead atoms. The van der Waals surface area contributed by atoms with Gasteiger partial charge >= 0.3 is 0 Å². The normalized spacial score (nSPS) is 28.1. The van der Waals surface area contributed by atoms with Gasteiger partial charge in [0.1, 0.15) is 6.17 Å². The number of halogens is 2. The second-order valence-corrected chi connectivity index (χ2v) is 6.08. The Morgan fingerprint density at radius 2 is 2.10 bits per heavy atom. The van der Waals surface area contributed by atoms with Crippen LogP contribution in [0.4, 0.5) is 10.3 Å². The molecule has 0 aromatic carbocycles. The predicted octanol–water partition coefficient (Wildman–Crippen LogP) is 2.21. The van der Waals surface area contributed by atoms with Gasteiger partial charge < -0.3 is 5.32 Å². The molecule has 2 aliphatic rings. The molecule has 2 fully saturated rings. The smallest absolute Gasteiger partial charge is 0.243 e. The van der Waals surface area contributed by atoms with Crippen LogP contribution in [0.15, 0.2) is 0 Å². The zero-order chi connectivity index (χ0) is 14.1. The molecule has 7 heteroatoms. The molecule has 1 aromatic heterocycles. The highest BCUT2D eigenvalue weighted by molar-refractivity contribution is 6.29. The van der Waals surface area contributed by atoms with Crippen LogP contribution in [0.1, 0.15) is 31.4 Å². The fourth-order valence-corrected chi connectivity index (χ4v) is 2.94. The number of rotatable bonds is 3. The quantitative estimate of drug-likeness (QED) is 0.927. The average Bonchev–Trinajstić information content (AvgIpc) is 2.31. The first-order valence-electron chi connectivity index (χ1n) is 7.13. The van der Waals surface area contributed by atoms with Crippen LogP contribution in [0, 0.1) is 6.92 Å². The molecule has 1 aliphatic heterocycles. The third-order valence-corrected chi connectivity index (χ3v) is 4.51. The lowest BCUT2D eigenvalue weighted by atomic mass is 9.89. The number of aryl methyl sites for hydroxylation is 1. The number of hydrogen-bond acceptors (Lipinski definition) is 5. The molecule has 1 N–H and O–H groups in total. The summed E-state index contributed by atoms with van der Waals surface area (Å²) >= 11 is 5.81. The topological polar surface area (TPSA) is 53.9 Å². The molecule has 0 unspecified atom stereocenters. The van der Waals surface area contributed by atoms with Crippen LogP contribution in [0.3, 0.4) is 0 Å². The van der Waals surface area contributed by atoms with Crippen LogP contribution in [0.2, 0.25) is 5.15 Å². The summed E-state index contributed by atoms with van der Waals surface area (Å²) in [6, 6.07) is 0.588. The Morgan fingerprint density at radius 3 is 2.75 bits per heavy atom. The highest BCUT2D eigenvalue weighted by Crippen LogP contribution is 2.28. The maximum Gasteiger partial charge on any atom is 0.243 e. The molecule has 1 saturated carbocycles. The van der Waals surface area contributed by atoms with Crippen molar-refractivity contribution in [2.24, 2.45) is 0 Å². The Kier molecular flexibility index (Phi) is 4.03. The standard InChI is InChI=1S/C13H19ClFN5/c1-8-12(14)18-19-13(16-8)17-10-5-9(15)6-20(7-10)11-3-2-4-11/h9-11H,2-7H2,1H3,(H,16,17,19)/t9-,10-/m1/s1. The maximum atomic E-state index is 13.9. The number of hydrogen-bond donors (Lipinski definition) is 1. The molecule has 5 nitrogen and oxygen atoms in total. The van der Waals surface area contributed by atoms with E-state index >= 15 is 0 Å². The van der Waals surface area contributed by atoms with E-state index in [0.717, 1.165) is 6.54 Å². The largest absolute Gasteiger partial charge is 0.349 e. The fraction of sp³-hybridized carbons (Fsp3) is 0.769.